The third kappa shape index (κ3) is 4.74. The van der Waals surface area contributed by atoms with Crippen molar-refractivity contribution in [1.29, 1.82) is 0 Å². The smallest absolute Gasteiger partial charge is 1.00 e. The van der Waals surface area contributed by atoms with E-state index in [1.165, 1.54) is 11.1 Å². The van der Waals surface area contributed by atoms with Gasteiger partial charge in [-0.15, -0.1) is 0 Å². The molecule has 2 aliphatic carbocycles. The van der Waals surface area contributed by atoms with E-state index in [1.807, 2.05) is 13.8 Å². The fraction of sp³-hybridized carbons (Fsp3) is 0.333. The van der Waals surface area contributed by atoms with E-state index in [4.69, 9.17) is 26.9 Å². The Balaban J connectivity index is 0.00000242. The van der Waals surface area contributed by atoms with Gasteiger partial charge in [-0.3, -0.25) is 0 Å². The number of halogens is 2. The standard InChI is InChI=1S/C18H23N2.2BrH.Ni/c1-11-5-7-15(13(3)17(11)19)9-10-16-8-6-12(2)18(20)14(16)4;;;/h5-6,9H,7-8,19-20H2,1-4H3;2*1H;/q;;;+2/p-2. The molecule has 129 valence electrons. The number of allylic oxidation sites excluding steroid dienone is 10. The maximum absolute atomic E-state index is 6.13. The number of hydrogen-bond acceptors (Lipinski definition) is 2. The molecule has 4 N–H and O–H groups in total. The summed E-state index contributed by atoms with van der Waals surface area (Å²) in [5.41, 5.74) is 20.9. The second kappa shape index (κ2) is 9.10. The van der Waals surface area contributed by atoms with Crippen LogP contribution >= 0.6 is 0 Å². The SMILES string of the molecule is CC1=CCC(=C[C]([Ni+2])=C2CC=C(C)C(N)=C2C)C(C)=C1N.[Br-].[Br-]. The summed E-state index contributed by atoms with van der Waals surface area (Å²) in [5.74, 6) is 0. The van der Waals surface area contributed by atoms with Gasteiger partial charge >= 0.3 is 135 Å². The van der Waals surface area contributed by atoms with Gasteiger partial charge in [0.25, 0.3) is 0 Å². The Bertz CT molecular complexity index is 677. The summed E-state index contributed by atoms with van der Waals surface area (Å²) < 4.78 is 0.911. The van der Waals surface area contributed by atoms with E-state index < -0.39 is 0 Å². The van der Waals surface area contributed by atoms with E-state index in [2.05, 4.69) is 32.1 Å². The van der Waals surface area contributed by atoms with Crippen molar-refractivity contribution in [3.63, 3.8) is 0 Å². The molecule has 0 unspecified atom stereocenters. The van der Waals surface area contributed by atoms with E-state index >= 15 is 0 Å². The van der Waals surface area contributed by atoms with Crippen LogP contribution in [0.5, 0.6) is 0 Å². The molecular weight excluding hydrogens is 463 g/mol. The average Bonchev–Trinajstić information content (AvgIpc) is 2.45. The first kappa shape index (κ1) is 22.5. The molecule has 2 nitrogen and oxygen atoms in total. The van der Waals surface area contributed by atoms with Crippen LogP contribution in [0.1, 0.15) is 40.5 Å². The molecule has 0 saturated heterocycles. The molecule has 0 radical (unpaired) electrons. The summed E-state index contributed by atoms with van der Waals surface area (Å²) in [4.78, 5) is 0. The molecule has 0 amide bonds. The van der Waals surface area contributed by atoms with Crippen molar-refractivity contribution in [2.75, 3.05) is 0 Å². The zero-order chi connectivity index (χ0) is 15.7. The summed E-state index contributed by atoms with van der Waals surface area (Å²) in [6, 6.07) is 0. The number of rotatable bonds is 1. The van der Waals surface area contributed by atoms with E-state index in [9.17, 15) is 0 Å². The van der Waals surface area contributed by atoms with Crippen LogP contribution in [0.3, 0.4) is 0 Å². The minimum Gasteiger partial charge on any atom is -1.00 e. The van der Waals surface area contributed by atoms with Gasteiger partial charge in [-0.1, -0.05) is 0 Å². The van der Waals surface area contributed by atoms with Gasteiger partial charge in [0.05, 0.1) is 0 Å². The van der Waals surface area contributed by atoms with Gasteiger partial charge in [-0.25, -0.2) is 0 Å². The van der Waals surface area contributed by atoms with E-state index in [0.717, 1.165) is 51.1 Å². The summed E-state index contributed by atoms with van der Waals surface area (Å²) in [5, 5.41) is 0. The zero-order valence-electron chi connectivity index (χ0n) is 13.9. The second-order valence-electron chi connectivity index (χ2n) is 5.72. The van der Waals surface area contributed by atoms with Crippen molar-refractivity contribution in [2.24, 2.45) is 11.5 Å². The molecule has 2 aliphatic rings. The maximum Gasteiger partial charge on any atom is -1.00 e. The molecule has 0 heterocycles. The van der Waals surface area contributed by atoms with Crippen molar-refractivity contribution in [3.05, 3.63) is 67.6 Å². The van der Waals surface area contributed by atoms with Crippen LogP contribution in [0.2, 0.25) is 0 Å². The van der Waals surface area contributed by atoms with Gasteiger partial charge in [-0.05, 0) is 0 Å². The minimum absolute atomic E-state index is 0. The first-order valence-corrected chi connectivity index (χ1v) is 7.66. The molecule has 2 rings (SSSR count). The summed E-state index contributed by atoms with van der Waals surface area (Å²) >= 11 is 5.28. The van der Waals surface area contributed by atoms with Crippen LogP contribution in [0.15, 0.2) is 67.6 Å². The minimum atomic E-state index is 0. The molecule has 23 heavy (non-hydrogen) atoms. The molecule has 0 bridgehead atoms. The largest absolute Gasteiger partial charge is 1.00 e. The molecule has 0 fully saturated rings. The molecule has 0 aliphatic heterocycles. The summed E-state index contributed by atoms with van der Waals surface area (Å²) in [7, 11) is 0. The first-order chi connectivity index (χ1) is 9.82. The fourth-order valence-corrected chi connectivity index (χ4v) is 3.08. The molecular formula is C18H23Br2N2Ni. The van der Waals surface area contributed by atoms with E-state index in [0.29, 0.717) is 0 Å². The van der Waals surface area contributed by atoms with Gasteiger partial charge in [0.1, 0.15) is 0 Å². The third-order valence-corrected chi connectivity index (χ3v) is 4.83. The monoisotopic (exact) mass is 483 g/mol. The Kier molecular flexibility index (Phi) is 8.90. The average molecular weight is 486 g/mol. The van der Waals surface area contributed by atoms with Gasteiger partial charge in [-0.2, -0.15) is 0 Å². The fourth-order valence-electron chi connectivity index (χ4n) is 2.63. The summed E-state index contributed by atoms with van der Waals surface area (Å²) in [6.07, 6.45) is 8.17. The summed E-state index contributed by atoms with van der Waals surface area (Å²) in [6.45, 7) is 8.22. The van der Waals surface area contributed by atoms with Gasteiger partial charge in [0.2, 0.25) is 0 Å². The van der Waals surface area contributed by atoms with Crippen molar-refractivity contribution < 1.29 is 49.4 Å². The third-order valence-electron chi connectivity index (χ3n) is 4.39. The van der Waals surface area contributed by atoms with Gasteiger partial charge in [0, 0.05) is 0 Å². The molecule has 0 aromatic rings. The Morgan fingerprint density at radius 2 is 1.39 bits per heavy atom. The van der Waals surface area contributed by atoms with E-state index in [1.54, 1.807) is 0 Å². The number of hydrogen-bond donors (Lipinski definition) is 2. The Hall–Kier alpha value is -0.506. The Morgan fingerprint density at radius 1 is 0.913 bits per heavy atom. The van der Waals surface area contributed by atoms with Crippen LogP contribution in [-0.2, 0) is 15.5 Å². The quantitative estimate of drug-likeness (QED) is 0.418. The molecule has 5 heteroatoms. The van der Waals surface area contributed by atoms with Crippen LogP contribution in [-0.4, -0.2) is 0 Å². The zero-order valence-corrected chi connectivity index (χ0v) is 18.0. The number of nitrogens with two attached hydrogens (primary N) is 2. The molecule has 0 aromatic carbocycles. The predicted octanol–water partition coefficient (Wildman–Crippen LogP) is -2.11. The van der Waals surface area contributed by atoms with E-state index in [-0.39, 0.29) is 34.0 Å². The van der Waals surface area contributed by atoms with Crippen LogP contribution in [0, 0.1) is 0 Å². The topological polar surface area (TPSA) is 52.0 Å². The van der Waals surface area contributed by atoms with Crippen molar-refractivity contribution >= 4 is 0 Å². The molecule has 0 atom stereocenters. The first-order valence-electron chi connectivity index (χ1n) is 7.16. The normalized spacial score (nSPS) is 22.2. The second-order valence-corrected chi connectivity index (χ2v) is 6.25. The molecule has 0 spiro atoms. The molecule has 0 aromatic heterocycles. The Morgan fingerprint density at radius 3 is 1.96 bits per heavy atom. The van der Waals surface area contributed by atoms with Crippen molar-refractivity contribution in [3.8, 4) is 0 Å². The van der Waals surface area contributed by atoms with Gasteiger partial charge < -0.3 is 34.0 Å². The maximum atomic E-state index is 6.13. The molecule has 0 saturated carbocycles. The van der Waals surface area contributed by atoms with Crippen LogP contribution in [0.25, 0.3) is 0 Å². The van der Waals surface area contributed by atoms with Crippen LogP contribution in [0.4, 0.5) is 0 Å². The Labute approximate surface area is 168 Å². The predicted molar refractivity (Wildman–Crippen MR) is 85.6 cm³/mol. The van der Waals surface area contributed by atoms with Crippen molar-refractivity contribution in [2.45, 2.75) is 40.5 Å². The van der Waals surface area contributed by atoms with Crippen molar-refractivity contribution in [1.82, 2.24) is 0 Å². The van der Waals surface area contributed by atoms with Crippen LogP contribution < -0.4 is 45.4 Å². The van der Waals surface area contributed by atoms with Gasteiger partial charge in [0.15, 0.2) is 0 Å².